The monoisotopic (exact) mass is 311 g/mol. The average molecular weight is 311 g/mol. The van der Waals surface area contributed by atoms with Crippen molar-refractivity contribution in [1.29, 1.82) is 0 Å². The van der Waals surface area contributed by atoms with Crippen LogP contribution in [0, 0.1) is 12.8 Å². The first kappa shape index (κ1) is 16.5. The van der Waals surface area contributed by atoms with E-state index < -0.39 is 10.0 Å². The minimum absolute atomic E-state index is 0.0713. The molecular weight excluding hydrogens is 286 g/mol. The van der Waals surface area contributed by atoms with Crippen LogP contribution in [0.3, 0.4) is 0 Å². The van der Waals surface area contributed by atoms with Crippen LogP contribution >= 0.6 is 0 Å². The predicted octanol–water partition coefficient (Wildman–Crippen LogP) is 2.57. The Bertz CT molecular complexity index is 569. The highest BCUT2D eigenvalue weighted by Gasteiger charge is 2.33. The number of aryl methyl sites for hydroxylation is 1. The molecule has 0 spiro atoms. The maximum Gasteiger partial charge on any atom is 0.217 e. The summed E-state index contributed by atoms with van der Waals surface area (Å²) in [7, 11) is -3.26. The van der Waals surface area contributed by atoms with Gasteiger partial charge in [0.05, 0.1) is 19.0 Å². The zero-order valence-electron chi connectivity index (χ0n) is 13.1. The second-order valence-electron chi connectivity index (χ2n) is 6.21. The molecule has 1 aromatic carbocycles. The Balaban J connectivity index is 2.27. The van der Waals surface area contributed by atoms with Gasteiger partial charge in [0.15, 0.2) is 0 Å². The smallest absolute Gasteiger partial charge is 0.217 e. The van der Waals surface area contributed by atoms with E-state index in [1.807, 2.05) is 31.2 Å². The highest BCUT2D eigenvalue weighted by molar-refractivity contribution is 7.89. The minimum Gasteiger partial charge on any atom is -0.379 e. The molecule has 118 valence electrons. The molecule has 1 aliphatic rings. The number of nitrogens with zero attached hydrogens (tertiary/aromatic N) is 1. The summed E-state index contributed by atoms with van der Waals surface area (Å²) in [4.78, 5) is 0. The number of hydrogen-bond acceptors (Lipinski definition) is 3. The van der Waals surface area contributed by atoms with Gasteiger partial charge in [-0.1, -0.05) is 43.7 Å². The van der Waals surface area contributed by atoms with Crippen molar-refractivity contribution in [3.63, 3.8) is 0 Å². The second kappa shape index (κ2) is 6.90. The normalized spacial score (nSPS) is 23.1. The number of sulfonamides is 1. The van der Waals surface area contributed by atoms with Gasteiger partial charge in [-0.15, -0.1) is 0 Å². The molecule has 4 nitrogen and oxygen atoms in total. The van der Waals surface area contributed by atoms with Crippen molar-refractivity contribution in [3.05, 3.63) is 35.4 Å². The van der Waals surface area contributed by atoms with Crippen LogP contribution in [0.4, 0.5) is 0 Å². The number of hydrogen-bond donors (Lipinski definition) is 0. The second-order valence-corrected chi connectivity index (χ2v) is 8.25. The summed E-state index contributed by atoms with van der Waals surface area (Å²) in [6, 6.07) is 7.96. The van der Waals surface area contributed by atoms with Crippen LogP contribution in [0.25, 0.3) is 0 Å². The molecule has 0 N–H and O–H groups in total. The first-order chi connectivity index (χ1) is 9.88. The van der Waals surface area contributed by atoms with Gasteiger partial charge in [-0.3, -0.25) is 0 Å². The lowest BCUT2D eigenvalue weighted by Crippen LogP contribution is -2.42. The van der Waals surface area contributed by atoms with Crippen molar-refractivity contribution in [2.45, 2.75) is 39.8 Å². The van der Waals surface area contributed by atoms with Crippen molar-refractivity contribution < 1.29 is 13.2 Å². The van der Waals surface area contributed by atoms with Crippen LogP contribution in [-0.2, 0) is 21.3 Å². The van der Waals surface area contributed by atoms with Gasteiger partial charge in [-0.2, -0.15) is 4.31 Å². The van der Waals surface area contributed by atoms with Crippen LogP contribution < -0.4 is 0 Å². The van der Waals surface area contributed by atoms with E-state index in [9.17, 15) is 8.42 Å². The first-order valence-electron chi connectivity index (χ1n) is 7.51. The Morgan fingerprint density at radius 1 is 1.38 bits per heavy atom. The quantitative estimate of drug-likeness (QED) is 0.858. The third kappa shape index (κ3) is 4.53. The van der Waals surface area contributed by atoms with E-state index in [-0.39, 0.29) is 11.8 Å². The Kier molecular flexibility index (Phi) is 5.41. The summed E-state index contributed by atoms with van der Waals surface area (Å²) in [5.74, 6) is 0.514. The number of ether oxygens (including phenoxy) is 1. The zero-order chi connectivity index (χ0) is 15.5. The van der Waals surface area contributed by atoms with Crippen molar-refractivity contribution in [3.8, 4) is 0 Å². The van der Waals surface area contributed by atoms with E-state index in [1.54, 1.807) is 4.31 Å². The van der Waals surface area contributed by atoms with E-state index in [4.69, 9.17) is 4.74 Å². The fraction of sp³-hybridized carbons (Fsp3) is 0.625. The summed E-state index contributed by atoms with van der Waals surface area (Å²) in [5.41, 5.74) is 2.19. The Morgan fingerprint density at radius 3 is 2.81 bits per heavy atom. The molecule has 1 saturated heterocycles. The molecule has 0 saturated carbocycles. The lowest BCUT2D eigenvalue weighted by molar-refractivity contribution is 0.100. The van der Waals surface area contributed by atoms with E-state index in [0.717, 1.165) is 17.5 Å². The standard InChI is InChI=1S/C16H25NO3S/c1-13(2)9-16-12-20-7-8-21(18,19)17(16)11-15-6-4-5-14(3)10-15/h4-6,10,13,16H,7-9,11-12H2,1-3H3/t16-/m0/s1. The van der Waals surface area contributed by atoms with Crippen LogP contribution in [-0.4, -0.2) is 37.7 Å². The summed E-state index contributed by atoms with van der Waals surface area (Å²) < 4.78 is 32.2. The Hall–Kier alpha value is -0.910. The van der Waals surface area contributed by atoms with Gasteiger partial charge >= 0.3 is 0 Å². The van der Waals surface area contributed by atoms with Gasteiger partial charge < -0.3 is 4.74 Å². The van der Waals surface area contributed by atoms with E-state index in [0.29, 0.717) is 25.7 Å². The first-order valence-corrected chi connectivity index (χ1v) is 9.12. The summed E-state index contributed by atoms with van der Waals surface area (Å²) in [5, 5.41) is 0. The molecule has 5 heteroatoms. The molecule has 0 aromatic heterocycles. The minimum atomic E-state index is -3.26. The highest BCUT2D eigenvalue weighted by Crippen LogP contribution is 2.22. The molecule has 0 aliphatic carbocycles. The summed E-state index contributed by atoms with van der Waals surface area (Å²) in [6.07, 6.45) is 0.824. The van der Waals surface area contributed by atoms with Crippen LogP contribution in [0.2, 0.25) is 0 Å². The van der Waals surface area contributed by atoms with Crippen molar-refractivity contribution in [2.75, 3.05) is 19.0 Å². The van der Waals surface area contributed by atoms with Crippen molar-refractivity contribution in [1.82, 2.24) is 4.31 Å². The topological polar surface area (TPSA) is 46.6 Å². The number of rotatable bonds is 4. The molecule has 21 heavy (non-hydrogen) atoms. The average Bonchev–Trinajstić information content (AvgIpc) is 2.51. The molecule has 1 heterocycles. The molecule has 0 bridgehead atoms. The molecule has 1 atom stereocenters. The van der Waals surface area contributed by atoms with Crippen LogP contribution in [0.15, 0.2) is 24.3 Å². The van der Waals surface area contributed by atoms with Gasteiger partial charge in [0.1, 0.15) is 0 Å². The van der Waals surface area contributed by atoms with Crippen LogP contribution in [0.5, 0.6) is 0 Å². The Morgan fingerprint density at radius 2 is 2.14 bits per heavy atom. The Labute approximate surface area is 128 Å². The predicted molar refractivity (Wildman–Crippen MR) is 84.6 cm³/mol. The molecular formula is C16H25NO3S. The van der Waals surface area contributed by atoms with Gasteiger partial charge in [0.2, 0.25) is 10.0 Å². The lowest BCUT2D eigenvalue weighted by atomic mass is 10.0. The fourth-order valence-electron chi connectivity index (χ4n) is 2.76. The lowest BCUT2D eigenvalue weighted by Gasteiger charge is -2.29. The van der Waals surface area contributed by atoms with Gasteiger partial charge in [0, 0.05) is 12.6 Å². The van der Waals surface area contributed by atoms with Gasteiger partial charge in [0.25, 0.3) is 0 Å². The van der Waals surface area contributed by atoms with Crippen molar-refractivity contribution >= 4 is 10.0 Å². The van der Waals surface area contributed by atoms with Gasteiger partial charge in [-0.25, -0.2) is 8.42 Å². The van der Waals surface area contributed by atoms with Gasteiger partial charge in [-0.05, 0) is 24.8 Å². The molecule has 2 rings (SSSR count). The maximum absolute atomic E-state index is 12.5. The van der Waals surface area contributed by atoms with Crippen LogP contribution in [0.1, 0.15) is 31.4 Å². The van der Waals surface area contributed by atoms with E-state index in [1.165, 1.54) is 0 Å². The zero-order valence-corrected chi connectivity index (χ0v) is 13.9. The third-order valence-corrected chi connectivity index (χ3v) is 5.55. The third-order valence-electron chi connectivity index (χ3n) is 3.72. The highest BCUT2D eigenvalue weighted by atomic mass is 32.2. The molecule has 1 aromatic rings. The van der Waals surface area contributed by atoms with E-state index in [2.05, 4.69) is 13.8 Å². The van der Waals surface area contributed by atoms with E-state index >= 15 is 0 Å². The SMILES string of the molecule is Cc1cccc(CN2[C@@H](CC(C)C)COCCS2(=O)=O)c1. The fourth-order valence-corrected chi connectivity index (χ4v) is 4.27. The molecule has 0 amide bonds. The van der Waals surface area contributed by atoms with Crippen molar-refractivity contribution in [2.24, 2.45) is 5.92 Å². The summed E-state index contributed by atoms with van der Waals surface area (Å²) in [6.45, 7) is 7.47. The number of benzene rings is 1. The molecule has 0 unspecified atom stereocenters. The molecule has 1 aliphatic heterocycles. The summed E-state index contributed by atoms with van der Waals surface area (Å²) >= 11 is 0. The molecule has 0 radical (unpaired) electrons. The molecule has 1 fully saturated rings. The maximum atomic E-state index is 12.5. The largest absolute Gasteiger partial charge is 0.379 e.